The van der Waals surface area contributed by atoms with E-state index in [4.69, 9.17) is 0 Å². The van der Waals surface area contributed by atoms with Crippen molar-refractivity contribution in [1.82, 2.24) is 4.57 Å². The highest BCUT2D eigenvalue weighted by molar-refractivity contribution is 5.14. The highest BCUT2D eigenvalue weighted by Gasteiger charge is 1.99. The predicted octanol–water partition coefficient (Wildman–Crippen LogP) is 1.95. The molecule has 0 bridgehead atoms. The molecule has 2 aromatic rings. The van der Waals surface area contributed by atoms with Gasteiger partial charge in [-0.2, -0.15) is 0 Å². The molecular formula is C13H17N2+. The van der Waals surface area contributed by atoms with Crippen LogP contribution in [0.1, 0.15) is 12.0 Å². The van der Waals surface area contributed by atoms with E-state index >= 15 is 0 Å². The van der Waals surface area contributed by atoms with E-state index in [1.54, 1.807) is 0 Å². The summed E-state index contributed by atoms with van der Waals surface area (Å²) in [6.07, 6.45) is 8.65. The maximum Gasteiger partial charge on any atom is 0.243 e. The maximum absolute atomic E-state index is 2.23. The van der Waals surface area contributed by atoms with Gasteiger partial charge >= 0.3 is 0 Å². The minimum Gasteiger partial charge on any atom is -0.240 e. The summed E-state index contributed by atoms with van der Waals surface area (Å²) < 4.78 is 4.30. The normalized spacial score (nSPS) is 10.5. The van der Waals surface area contributed by atoms with Crippen LogP contribution in [0.4, 0.5) is 0 Å². The molecule has 2 rings (SSSR count). The lowest BCUT2D eigenvalue weighted by Crippen LogP contribution is -2.23. The number of rotatable bonds is 4. The molecular weight excluding hydrogens is 184 g/mol. The van der Waals surface area contributed by atoms with E-state index in [0.717, 1.165) is 13.0 Å². The first-order valence-electron chi connectivity index (χ1n) is 5.39. The number of aryl methyl sites for hydroxylation is 3. The molecule has 78 valence electrons. The van der Waals surface area contributed by atoms with Crippen LogP contribution < -0.4 is 4.57 Å². The van der Waals surface area contributed by atoms with Crippen LogP contribution in [0.5, 0.6) is 0 Å². The van der Waals surface area contributed by atoms with E-state index in [1.165, 1.54) is 12.0 Å². The van der Waals surface area contributed by atoms with Gasteiger partial charge in [0.2, 0.25) is 6.33 Å². The summed E-state index contributed by atoms with van der Waals surface area (Å²) in [5.74, 6) is 0. The van der Waals surface area contributed by atoms with Crippen LogP contribution in [0.2, 0.25) is 0 Å². The van der Waals surface area contributed by atoms with Crippen molar-refractivity contribution in [2.75, 3.05) is 0 Å². The third-order valence-electron chi connectivity index (χ3n) is 2.55. The molecule has 0 unspecified atom stereocenters. The minimum atomic E-state index is 1.09. The Kier molecular flexibility index (Phi) is 3.18. The van der Waals surface area contributed by atoms with Crippen LogP contribution in [0.3, 0.4) is 0 Å². The smallest absolute Gasteiger partial charge is 0.240 e. The molecule has 0 aliphatic carbocycles. The average molecular weight is 201 g/mol. The van der Waals surface area contributed by atoms with Gasteiger partial charge in [0, 0.05) is 0 Å². The molecule has 0 N–H and O–H groups in total. The highest BCUT2D eigenvalue weighted by Crippen LogP contribution is 2.03. The van der Waals surface area contributed by atoms with Gasteiger partial charge in [-0.05, 0) is 18.4 Å². The Morgan fingerprint density at radius 3 is 2.67 bits per heavy atom. The second-order valence-electron chi connectivity index (χ2n) is 3.91. The highest BCUT2D eigenvalue weighted by atomic mass is 15.1. The Bertz CT molecular complexity index is 403. The summed E-state index contributed by atoms with van der Waals surface area (Å²) in [4.78, 5) is 0. The fraction of sp³-hybridized carbons (Fsp3) is 0.308. The second kappa shape index (κ2) is 4.78. The van der Waals surface area contributed by atoms with E-state index in [0.29, 0.717) is 0 Å². The SMILES string of the molecule is C[n+]1ccn(CCCc2ccccc2)c1. The van der Waals surface area contributed by atoms with Gasteiger partial charge in [-0.1, -0.05) is 30.3 Å². The van der Waals surface area contributed by atoms with Crippen molar-refractivity contribution in [3.8, 4) is 0 Å². The molecule has 1 heterocycles. The van der Waals surface area contributed by atoms with Gasteiger partial charge < -0.3 is 0 Å². The second-order valence-corrected chi connectivity index (χ2v) is 3.91. The molecule has 0 amide bonds. The fourth-order valence-corrected chi connectivity index (χ4v) is 1.74. The lowest BCUT2D eigenvalue weighted by Gasteiger charge is -1.98. The molecule has 0 radical (unpaired) electrons. The first kappa shape index (κ1) is 9.97. The summed E-state index contributed by atoms with van der Waals surface area (Å²) in [5.41, 5.74) is 1.43. The van der Waals surface area contributed by atoms with Crippen molar-refractivity contribution < 1.29 is 4.57 Å². The molecule has 2 nitrogen and oxygen atoms in total. The van der Waals surface area contributed by atoms with Crippen LogP contribution in [-0.4, -0.2) is 4.57 Å². The first-order valence-corrected chi connectivity index (χ1v) is 5.39. The van der Waals surface area contributed by atoms with Crippen molar-refractivity contribution in [1.29, 1.82) is 0 Å². The first-order chi connectivity index (χ1) is 7.34. The van der Waals surface area contributed by atoms with Crippen LogP contribution in [0, 0.1) is 0 Å². The third kappa shape index (κ3) is 2.94. The summed E-state index contributed by atoms with van der Waals surface area (Å²) in [5, 5.41) is 0. The number of hydrogen-bond acceptors (Lipinski definition) is 0. The summed E-state index contributed by atoms with van der Waals surface area (Å²) in [6.45, 7) is 1.09. The molecule has 2 heteroatoms. The fourth-order valence-electron chi connectivity index (χ4n) is 1.74. The number of aromatic nitrogens is 2. The molecule has 0 spiro atoms. The molecule has 0 saturated heterocycles. The van der Waals surface area contributed by atoms with Crippen LogP contribution >= 0.6 is 0 Å². The lowest BCUT2D eigenvalue weighted by molar-refractivity contribution is -0.671. The number of hydrogen-bond donors (Lipinski definition) is 0. The quantitative estimate of drug-likeness (QED) is 0.669. The molecule has 1 aromatic heterocycles. The van der Waals surface area contributed by atoms with Crippen molar-refractivity contribution in [2.24, 2.45) is 7.05 Å². The van der Waals surface area contributed by atoms with E-state index in [9.17, 15) is 0 Å². The standard InChI is InChI=1S/C13H17N2/c1-14-10-11-15(12-14)9-5-8-13-6-3-2-4-7-13/h2-4,6-7,10-12H,5,8-9H2,1H3/q+1. The van der Waals surface area contributed by atoms with Gasteiger partial charge in [-0.25, -0.2) is 9.13 Å². The largest absolute Gasteiger partial charge is 0.243 e. The summed E-state index contributed by atoms with van der Waals surface area (Å²) >= 11 is 0. The minimum absolute atomic E-state index is 1.09. The maximum atomic E-state index is 2.23. The van der Waals surface area contributed by atoms with Crippen molar-refractivity contribution in [3.63, 3.8) is 0 Å². The zero-order valence-electron chi connectivity index (χ0n) is 9.13. The Morgan fingerprint density at radius 1 is 1.20 bits per heavy atom. The average Bonchev–Trinajstić information content (AvgIpc) is 2.66. The number of imidazole rings is 1. The van der Waals surface area contributed by atoms with E-state index in [1.807, 2.05) is 7.05 Å². The summed E-state index contributed by atoms with van der Waals surface area (Å²) in [7, 11) is 2.05. The lowest BCUT2D eigenvalue weighted by atomic mass is 10.1. The zero-order valence-corrected chi connectivity index (χ0v) is 9.13. The Balaban J connectivity index is 1.80. The molecule has 1 aromatic carbocycles. The van der Waals surface area contributed by atoms with Gasteiger partial charge in [-0.15, -0.1) is 0 Å². The Labute approximate surface area is 90.8 Å². The molecule has 15 heavy (non-hydrogen) atoms. The van der Waals surface area contributed by atoms with Crippen LogP contribution in [0.15, 0.2) is 49.1 Å². The van der Waals surface area contributed by atoms with Gasteiger partial charge in [0.05, 0.1) is 13.6 Å². The molecule has 0 aliphatic rings. The van der Waals surface area contributed by atoms with Crippen molar-refractivity contribution >= 4 is 0 Å². The zero-order chi connectivity index (χ0) is 10.5. The molecule has 0 aliphatic heterocycles. The van der Waals surface area contributed by atoms with E-state index < -0.39 is 0 Å². The number of benzene rings is 1. The van der Waals surface area contributed by atoms with Crippen molar-refractivity contribution in [3.05, 3.63) is 54.6 Å². The van der Waals surface area contributed by atoms with Gasteiger partial charge in [0.25, 0.3) is 0 Å². The van der Waals surface area contributed by atoms with Gasteiger partial charge in [0.15, 0.2) is 0 Å². The summed E-state index contributed by atoms with van der Waals surface area (Å²) in [6, 6.07) is 10.6. The molecule has 0 fully saturated rings. The Hall–Kier alpha value is -1.57. The van der Waals surface area contributed by atoms with Crippen LogP contribution in [-0.2, 0) is 20.0 Å². The van der Waals surface area contributed by atoms with E-state index in [2.05, 4.69) is 58.2 Å². The van der Waals surface area contributed by atoms with Gasteiger partial charge in [0.1, 0.15) is 12.4 Å². The Morgan fingerprint density at radius 2 is 2.00 bits per heavy atom. The molecule has 0 atom stereocenters. The van der Waals surface area contributed by atoms with Crippen molar-refractivity contribution in [2.45, 2.75) is 19.4 Å². The molecule has 0 saturated carbocycles. The number of nitrogens with zero attached hydrogens (tertiary/aromatic N) is 2. The van der Waals surface area contributed by atoms with E-state index in [-0.39, 0.29) is 0 Å². The van der Waals surface area contributed by atoms with Crippen LogP contribution in [0.25, 0.3) is 0 Å². The predicted molar refractivity (Wildman–Crippen MR) is 60.4 cm³/mol. The third-order valence-corrected chi connectivity index (χ3v) is 2.55. The van der Waals surface area contributed by atoms with Gasteiger partial charge in [-0.3, -0.25) is 0 Å². The monoisotopic (exact) mass is 201 g/mol. The topological polar surface area (TPSA) is 8.81 Å².